The molecule has 1 aliphatic carbocycles. The van der Waals surface area contributed by atoms with Crippen molar-refractivity contribution in [3.63, 3.8) is 0 Å². The fourth-order valence-electron chi connectivity index (χ4n) is 3.10. The van der Waals surface area contributed by atoms with Gasteiger partial charge in [-0.3, -0.25) is 0 Å². The summed E-state index contributed by atoms with van der Waals surface area (Å²) in [6.45, 7) is 7.08. The van der Waals surface area contributed by atoms with Crippen LogP contribution >= 0.6 is 11.6 Å². The minimum Gasteiger partial charge on any atom is -0.382 e. The number of hydrogen-bond acceptors (Lipinski definition) is 1. The van der Waals surface area contributed by atoms with E-state index >= 15 is 0 Å². The Balaban J connectivity index is 2.08. The van der Waals surface area contributed by atoms with Gasteiger partial charge in [0, 0.05) is 16.8 Å². The van der Waals surface area contributed by atoms with E-state index in [4.69, 9.17) is 11.6 Å². The maximum atomic E-state index is 5.93. The molecule has 0 saturated heterocycles. The molecule has 1 aromatic carbocycles. The Bertz CT molecular complexity index is 377. The van der Waals surface area contributed by atoms with Gasteiger partial charge in [0.2, 0.25) is 0 Å². The Morgan fingerprint density at radius 2 is 1.67 bits per heavy atom. The molecular weight excluding hydrogens is 242 g/mol. The van der Waals surface area contributed by atoms with Crippen LogP contribution in [-0.4, -0.2) is 6.04 Å². The van der Waals surface area contributed by atoms with E-state index in [0.29, 0.717) is 11.5 Å². The van der Waals surface area contributed by atoms with Gasteiger partial charge in [0.1, 0.15) is 0 Å². The molecule has 0 aliphatic heterocycles. The van der Waals surface area contributed by atoms with Crippen LogP contribution in [0, 0.1) is 11.3 Å². The molecule has 0 aromatic heterocycles. The molecule has 100 valence electrons. The molecule has 1 saturated carbocycles. The monoisotopic (exact) mass is 265 g/mol. The molecule has 18 heavy (non-hydrogen) atoms. The Morgan fingerprint density at radius 3 is 2.28 bits per heavy atom. The zero-order valence-corrected chi connectivity index (χ0v) is 12.4. The first-order valence-corrected chi connectivity index (χ1v) is 7.37. The SMILES string of the molecule is CC(C)(C)C1CCCCC1Nc1ccc(Cl)cc1. The zero-order chi connectivity index (χ0) is 13.2. The molecule has 0 spiro atoms. The normalized spacial score (nSPS) is 24.9. The van der Waals surface area contributed by atoms with Gasteiger partial charge in [0.05, 0.1) is 0 Å². The molecule has 1 N–H and O–H groups in total. The predicted octanol–water partition coefficient (Wildman–Crippen LogP) is 5.36. The minimum atomic E-state index is 0.379. The average molecular weight is 266 g/mol. The van der Waals surface area contributed by atoms with Crippen molar-refractivity contribution in [2.24, 2.45) is 11.3 Å². The van der Waals surface area contributed by atoms with E-state index in [9.17, 15) is 0 Å². The number of benzene rings is 1. The van der Waals surface area contributed by atoms with Crippen LogP contribution in [0.4, 0.5) is 5.69 Å². The molecule has 1 nitrogen and oxygen atoms in total. The summed E-state index contributed by atoms with van der Waals surface area (Å²) >= 11 is 5.93. The van der Waals surface area contributed by atoms with Gasteiger partial charge >= 0.3 is 0 Å². The van der Waals surface area contributed by atoms with E-state index in [-0.39, 0.29) is 0 Å². The van der Waals surface area contributed by atoms with Crippen LogP contribution in [-0.2, 0) is 0 Å². The average Bonchev–Trinajstić information content (AvgIpc) is 2.31. The maximum Gasteiger partial charge on any atom is 0.0407 e. The standard InChI is InChI=1S/C16H24ClN/c1-16(2,3)14-6-4-5-7-15(14)18-13-10-8-12(17)9-11-13/h8-11,14-15,18H,4-7H2,1-3H3. The summed E-state index contributed by atoms with van der Waals surface area (Å²) in [6.07, 6.45) is 5.35. The summed E-state index contributed by atoms with van der Waals surface area (Å²) in [4.78, 5) is 0. The fourth-order valence-corrected chi connectivity index (χ4v) is 3.23. The van der Waals surface area contributed by atoms with Gasteiger partial charge in [-0.15, -0.1) is 0 Å². The molecule has 0 amide bonds. The van der Waals surface area contributed by atoms with Gasteiger partial charge in [0.15, 0.2) is 0 Å². The van der Waals surface area contributed by atoms with Crippen LogP contribution in [0.15, 0.2) is 24.3 Å². The lowest BCUT2D eigenvalue weighted by atomic mass is 9.69. The smallest absolute Gasteiger partial charge is 0.0407 e. The fraction of sp³-hybridized carbons (Fsp3) is 0.625. The molecule has 1 fully saturated rings. The summed E-state index contributed by atoms with van der Waals surface area (Å²) in [5.74, 6) is 0.752. The number of nitrogens with one attached hydrogen (secondary N) is 1. The van der Waals surface area contributed by atoms with Crippen molar-refractivity contribution in [3.05, 3.63) is 29.3 Å². The summed E-state index contributed by atoms with van der Waals surface area (Å²) in [6, 6.07) is 8.67. The summed E-state index contributed by atoms with van der Waals surface area (Å²) in [7, 11) is 0. The Labute approximate surface area is 116 Å². The van der Waals surface area contributed by atoms with Gasteiger partial charge in [-0.05, 0) is 48.4 Å². The third kappa shape index (κ3) is 3.41. The van der Waals surface area contributed by atoms with Gasteiger partial charge in [-0.25, -0.2) is 0 Å². The lowest BCUT2D eigenvalue weighted by molar-refractivity contribution is 0.163. The van der Waals surface area contributed by atoms with Gasteiger partial charge < -0.3 is 5.32 Å². The van der Waals surface area contributed by atoms with Crippen LogP contribution in [0.1, 0.15) is 46.5 Å². The minimum absolute atomic E-state index is 0.379. The highest BCUT2D eigenvalue weighted by Gasteiger charge is 2.33. The van der Waals surface area contributed by atoms with Crippen LogP contribution in [0.25, 0.3) is 0 Å². The van der Waals surface area contributed by atoms with Crippen LogP contribution in [0.3, 0.4) is 0 Å². The van der Waals surface area contributed by atoms with Gasteiger partial charge in [0.25, 0.3) is 0 Å². The van der Waals surface area contributed by atoms with E-state index in [1.54, 1.807) is 0 Å². The molecular formula is C16H24ClN. The Kier molecular flexibility index (Phi) is 4.21. The quantitative estimate of drug-likeness (QED) is 0.759. The Morgan fingerprint density at radius 1 is 1.06 bits per heavy atom. The number of rotatable bonds is 2. The second kappa shape index (κ2) is 5.52. The van der Waals surface area contributed by atoms with Crippen molar-refractivity contribution in [1.82, 2.24) is 0 Å². The van der Waals surface area contributed by atoms with Crippen LogP contribution in [0.2, 0.25) is 5.02 Å². The van der Waals surface area contributed by atoms with Crippen molar-refractivity contribution in [1.29, 1.82) is 0 Å². The first-order chi connectivity index (χ1) is 8.47. The van der Waals surface area contributed by atoms with Crippen molar-refractivity contribution in [3.8, 4) is 0 Å². The highest BCUT2D eigenvalue weighted by molar-refractivity contribution is 6.30. The third-order valence-electron chi connectivity index (χ3n) is 4.07. The summed E-state index contributed by atoms with van der Waals surface area (Å²) in [5.41, 5.74) is 1.57. The van der Waals surface area contributed by atoms with E-state index in [1.807, 2.05) is 12.1 Å². The van der Waals surface area contributed by atoms with Gasteiger partial charge in [-0.1, -0.05) is 45.2 Å². The lowest BCUT2D eigenvalue weighted by Gasteiger charge is -2.41. The molecule has 2 heteroatoms. The van der Waals surface area contributed by atoms with Crippen LogP contribution < -0.4 is 5.32 Å². The molecule has 2 unspecified atom stereocenters. The molecule has 0 radical (unpaired) electrons. The molecule has 2 rings (SSSR count). The number of hydrogen-bond donors (Lipinski definition) is 1. The molecule has 1 aromatic rings. The van der Waals surface area contributed by atoms with Crippen LogP contribution in [0.5, 0.6) is 0 Å². The third-order valence-corrected chi connectivity index (χ3v) is 4.33. The van der Waals surface area contributed by atoms with Crippen molar-refractivity contribution < 1.29 is 0 Å². The summed E-state index contributed by atoms with van der Waals surface area (Å²) < 4.78 is 0. The van der Waals surface area contributed by atoms with Crippen molar-refractivity contribution in [2.75, 3.05) is 5.32 Å². The highest BCUT2D eigenvalue weighted by atomic mass is 35.5. The van der Waals surface area contributed by atoms with E-state index in [1.165, 1.54) is 31.4 Å². The number of anilines is 1. The first kappa shape index (κ1) is 13.7. The highest BCUT2D eigenvalue weighted by Crippen LogP contribution is 2.39. The molecule has 1 aliphatic rings. The number of halogens is 1. The molecule has 2 atom stereocenters. The topological polar surface area (TPSA) is 12.0 Å². The second-order valence-electron chi connectivity index (χ2n) is 6.51. The second-order valence-corrected chi connectivity index (χ2v) is 6.95. The predicted molar refractivity (Wildman–Crippen MR) is 80.3 cm³/mol. The van der Waals surface area contributed by atoms with Gasteiger partial charge in [-0.2, -0.15) is 0 Å². The lowest BCUT2D eigenvalue weighted by Crippen LogP contribution is -2.39. The van der Waals surface area contributed by atoms with E-state index in [0.717, 1.165) is 10.9 Å². The zero-order valence-electron chi connectivity index (χ0n) is 11.7. The summed E-state index contributed by atoms with van der Waals surface area (Å²) in [5, 5.41) is 4.51. The van der Waals surface area contributed by atoms with E-state index in [2.05, 4.69) is 38.2 Å². The van der Waals surface area contributed by atoms with Crippen molar-refractivity contribution in [2.45, 2.75) is 52.5 Å². The first-order valence-electron chi connectivity index (χ1n) is 6.99. The molecule has 0 heterocycles. The van der Waals surface area contributed by atoms with E-state index < -0.39 is 0 Å². The Hall–Kier alpha value is -0.690. The van der Waals surface area contributed by atoms with Crippen molar-refractivity contribution >= 4 is 17.3 Å². The molecule has 0 bridgehead atoms. The largest absolute Gasteiger partial charge is 0.382 e. The maximum absolute atomic E-state index is 5.93.